The van der Waals surface area contributed by atoms with Crippen LogP contribution in [-0.2, 0) is 4.74 Å². The number of thiophene rings is 1. The number of halogens is 1. The Kier molecular flexibility index (Phi) is 5.35. The average Bonchev–Trinajstić information content (AvgIpc) is 3.24. The molecule has 8 nitrogen and oxygen atoms in total. The lowest BCUT2D eigenvalue weighted by Crippen LogP contribution is -2.43. The number of nitro groups is 1. The Balaban J connectivity index is 1.64. The largest absolute Gasteiger partial charge is 0.367 e. The van der Waals surface area contributed by atoms with Crippen LogP contribution in [-0.4, -0.2) is 33.9 Å². The number of anilines is 1. The quantitative estimate of drug-likeness (QED) is 0.459. The number of aromatic nitrogens is 2. The summed E-state index contributed by atoms with van der Waals surface area (Å²) >= 11 is 8.03. The number of nitro benzene ring substituents is 1. The fourth-order valence-corrected chi connectivity index (χ4v) is 4.28. The zero-order valence-electron chi connectivity index (χ0n) is 15.4. The van der Waals surface area contributed by atoms with E-state index < -0.39 is 10.5 Å². The second kappa shape index (κ2) is 7.94. The van der Waals surface area contributed by atoms with Crippen LogP contribution < -0.4 is 10.5 Å². The Hall–Kier alpha value is -2.75. The standard InChI is InChI=1S/C19H17ClN4O4S/c1-12-9-22(10-17(28-12)13-6-7-29-11-13)16-8-21-23(19(25)18(16)20)14-2-4-15(5-3-14)24(26)27/h2-8,11-12,17H,9-10H2,1H3. The zero-order chi connectivity index (χ0) is 20.5. The van der Waals surface area contributed by atoms with E-state index >= 15 is 0 Å². The van der Waals surface area contributed by atoms with Crippen molar-refractivity contribution in [3.63, 3.8) is 0 Å². The van der Waals surface area contributed by atoms with Gasteiger partial charge in [0.25, 0.3) is 11.2 Å². The van der Waals surface area contributed by atoms with Crippen molar-refractivity contribution in [3.8, 4) is 5.69 Å². The normalized spacial score (nSPS) is 19.3. The molecule has 29 heavy (non-hydrogen) atoms. The maximum Gasteiger partial charge on any atom is 0.292 e. The van der Waals surface area contributed by atoms with Gasteiger partial charge < -0.3 is 9.64 Å². The van der Waals surface area contributed by atoms with Crippen LogP contribution in [0.5, 0.6) is 0 Å². The number of hydrogen-bond donors (Lipinski definition) is 0. The summed E-state index contributed by atoms with van der Waals surface area (Å²) in [6, 6.07) is 7.59. The van der Waals surface area contributed by atoms with Crippen LogP contribution in [0.25, 0.3) is 5.69 Å². The van der Waals surface area contributed by atoms with Crippen LogP contribution in [0, 0.1) is 10.1 Å². The molecule has 2 aromatic heterocycles. The first-order chi connectivity index (χ1) is 13.9. The topological polar surface area (TPSA) is 90.5 Å². The molecular weight excluding hydrogens is 416 g/mol. The smallest absolute Gasteiger partial charge is 0.292 e. The Morgan fingerprint density at radius 2 is 2.03 bits per heavy atom. The van der Waals surface area contributed by atoms with E-state index in [1.54, 1.807) is 17.5 Å². The molecule has 3 aromatic rings. The van der Waals surface area contributed by atoms with Crippen molar-refractivity contribution in [2.75, 3.05) is 18.0 Å². The Labute approximate surface area is 175 Å². The van der Waals surface area contributed by atoms with Gasteiger partial charge in [0.1, 0.15) is 11.1 Å². The van der Waals surface area contributed by atoms with Crippen molar-refractivity contribution in [1.82, 2.24) is 9.78 Å². The van der Waals surface area contributed by atoms with E-state index in [4.69, 9.17) is 16.3 Å². The predicted molar refractivity (Wildman–Crippen MR) is 111 cm³/mol. The van der Waals surface area contributed by atoms with Crippen LogP contribution in [0.3, 0.4) is 0 Å². The number of nitrogens with zero attached hydrogens (tertiary/aromatic N) is 4. The molecule has 2 atom stereocenters. The number of morpholine rings is 1. The van der Waals surface area contributed by atoms with E-state index in [0.29, 0.717) is 24.5 Å². The van der Waals surface area contributed by atoms with Gasteiger partial charge in [0.15, 0.2) is 0 Å². The molecule has 1 saturated heterocycles. The molecular formula is C19H17ClN4O4S. The summed E-state index contributed by atoms with van der Waals surface area (Å²) in [6.07, 6.45) is 1.40. The molecule has 0 saturated carbocycles. The minimum Gasteiger partial charge on any atom is -0.367 e. The zero-order valence-corrected chi connectivity index (χ0v) is 17.0. The van der Waals surface area contributed by atoms with Crippen LogP contribution >= 0.6 is 22.9 Å². The lowest BCUT2D eigenvalue weighted by Gasteiger charge is -2.38. The van der Waals surface area contributed by atoms with Crippen molar-refractivity contribution in [2.24, 2.45) is 0 Å². The maximum absolute atomic E-state index is 12.8. The first-order valence-electron chi connectivity index (χ1n) is 8.89. The third kappa shape index (κ3) is 3.89. The minimum atomic E-state index is -0.500. The van der Waals surface area contributed by atoms with E-state index in [1.807, 2.05) is 28.7 Å². The first-order valence-corrected chi connectivity index (χ1v) is 10.2. The minimum absolute atomic E-state index is 0.0400. The Morgan fingerprint density at radius 1 is 1.28 bits per heavy atom. The van der Waals surface area contributed by atoms with E-state index in [0.717, 1.165) is 10.2 Å². The van der Waals surface area contributed by atoms with Gasteiger partial charge in [0.05, 0.1) is 28.6 Å². The molecule has 1 aromatic carbocycles. The Morgan fingerprint density at radius 3 is 2.69 bits per heavy atom. The van der Waals surface area contributed by atoms with Crippen LogP contribution in [0.2, 0.25) is 5.02 Å². The number of hydrogen-bond acceptors (Lipinski definition) is 7. The lowest BCUT2D eigenvalue weighted by atomic mass is 10.1. The fourth-order valence-electron chi connectivity index (χ4n) is 3.33. The molecule has 150 valence electrons. The molecule has 0 amide bonds. The molecule has 10 heteroatoms. The molecule has 4 rings (SSSR count). The summed E-state index contributed by atoms with van der Waals surface area (Å²) < 4.78 is 7.17. The molecule has 1 aliphatic heterocycles. The summed E-state index contributed by atoms with van der Waals surface area (Å²) in [7, 11) is 0. The number of ether oxygens (including phenoxy) is 1. The SMILES string of the molecule is CC1CN(c2cnn(-c3ccc([N+](=O)[O-])cc3)c(=O)c2Cl)CC(c2ccsc2)O1. The summed E-state index contributed by atoms with van der Waals surface area (Å²) in [5, 5.41) is 19.2. The van der Waals surface area contributed by atoms with Crippen molar-refractivity contribution in [2.45, 2.75) is 19.1 Å². The molecule has 1 aliphatic rings. The third-order valence-corrected chi connectivity index (χ3v) is 5.78. The van der Waals surface area contributed by atoms with Gasteiger partial charge in [-0.2, -0.15) is 21.1 Å². The highest BCUT2D eigenvalue weighted by atomic mass is 35.5. The second-order valence-electron chi connectivity index (χ2n) is 6.73. The number of benzene rings is 1. The molecule has 0 spiro atoms. The summed E-state index contributed by atoms with van der Waals surface area (Å²) in [6.45, 7) is 3.12. The van der Waals surface area contributed by atoms with Gasteiger partial charge in [-0.15, -0.1) is 0 Å². The van der Waals surface area contributed by atoms with Crippen LogP contribution in [0.15, 0.2) is 52.1 Å². The van der Waals surface area contributed by atoms with Gasteiger partial charge in [-0.1, -0.05) is 11.6 Å². The third-order valence-electron chi connectivity index (χ3n) is 4.72. The maximum atomic E-state index is 12.8. The van der Waals surface area contributed by atoms with E-state index in [-0.39, 0.29) is 22.9 Å². The van der Waals surface area contributed by atoms with Gasteiger partial charge in [-0.25, -0.2) is 0 Å². The average molecular weight is 433 g/mol. The van der Waals surface area contributed by atoms with Crippen molar-refractivity contribution < 1.29 is 9.66 Å². The van der Waals surface area contributed by atoms with Crippen LogP contribution in [0.4, 0.5) is 11.4 Å². The lowest BCUT2D eigenvalue weighted by molar-refractivity contribution is -0.384. The number of non-ortho nitro benzene ring substituents is 1. The highest BCUT2D eigenvalue weighted by Crippen LogP contribution is 2.31. The van der Waals surface area contributed by atoms with Crippen molar-refractivity contribution in [3.05, 3.63) is 78.3 Å². The number of rotatable bonds is 4. The van der Waals surface area contributed by atoms with E-state index in [1.165, 1.54) is 24.3 Å². The first kappa shape index (κ1) is 19.6. The van der Waals surface area contributed by atoms with Crippen LogP contribution in [0.1, 0.15) is 18.6 Å². The Bertz CT molecular complexity index is 1080. The molecule has 1 fully saturated rings. The summed E-state index contributed by atoms with van der Waals surface area (Å²) in [5.74, 6) is 0. The van der Waals surface area contributed by atoms with Gasteiger partial charge in [-0.05, 0) is 41.4 Å². The highest BCUT2D eigenvalue weighted by Gasteiger charge is 2.29. The van der Waals surface area contributed by atoms with E-state index in [9.17, 15) is 14.9 Å². The summed E-state index contributed by atoms with van der Waals surface area (Å²) in [5.41, 5.74) is 1.50. The van der Waals surface area contributed by atoms with E-state index in [2.05, 4.69) is 5.10 Å². The molecule has 0 aliphatic carbocycles. The van der Waals surface area contributed by atoms with Gasteiger partial charge in [0.2, 0.25) is 0 Å². The highest BCUT2D eigenvalue weighted by molar-refractivity contribution is 7.07. The van der Waals surface area contributed by atoms with Crippen molar-refractivity contribution >= 4 is 34.3 Å². The fraction of sp³-hybridized carbons (Fsp3) is 0.263. The predicted octanol–water partition coefficient (Wildman–Crippen LogP) is 3.82. The molecule has 2 unspecified atom stereocenters. The van der Waals surface area contributed by atoms with Gasteiger partial charge in [0, 0.05) is 25.2 Å². The van der Waals surface area contributed by atoms with Crippen molar-refractivity contribution in [1.29, 1.82) is 0 Å². The monoisotopic (exact) mass is 432 g/mol. The summed E-state index contributed by atoms with van der Waals surface area (Å²) in [4.78, 5) is 25.1. The van der Waals surface area contributed by atoms with Gasteiger partial charge >= 0.3 is 0 Å². The molecule has 0 N–H and O–H groups in total. The molecule has 3 heterocycles. The van der Waals surface area contributed by atoms with Gasteiger partial charge in [-0.3, -0.25) is 14.9 Å². The molecule has 0 bridgehead atoms. The second-order valence-corrected chi connectivity index (χ2v) is 7.89. The molecule has 0 radical (unpaired) electrons.